The van der Waals surface area contributed by atoms with Crippen LogP contribution < -0.4 is 0 Å². The second-order valence-electron chi connectivity index (χ2n) is 4.04. The Balaban J connectivity index is 2.25. The SMILES string of the molecule is O=S(=O)(c1cccc(O)c1)N1CCOC(CO)C1. The van der Waals surface area contributed by atoms with Gasteiger partial charge in [0.2, 0.25) is 10.0 Å². The molecule has 0 bridgehead atoms. The van der Waals surface area contributed by atoms with Gasteiger partial charge < -0.3 is 14.9 Å². The maximum Gasteiger partial charge on any atom is 0.243 e. The van der Waals surface area contributed by atoms with Gasteiger partial charge in [-0.2, -0.15) is 4.31 Å². The summed E-state index contributed by atoms with van der Waals surface area (Å²) in [7, 11) is -3.65. The van der Waals surface area contributed by atoms with Crippen molar-refractivity contribution in [2.45, 2.75) is 11.0 Å². The number of phenolic OH excluding ortho intramolecular Hbond substituents is 1. The molecular weight excluding hydrogens is 258 g/mol. The molecule has 2 rings (SSSR count). The lowest BCUT2D eigenvalue weighted by atomic mass is 10.3. The topological polar surface area (TPSA) is 87.1 Å². The van der Waals surface area contributed by atoms with E-state index in [0.717, 1.165) is 0 Å². The maximum absolute atomic E-state index is 12.3. The summed E-state index contributed by atoms with van der Waals surface area (Å²) in [5, 5.41) is 18.3. The minimum absolute atomic E-state index is 0.0427. The maximum atomic E-state index is 12.3. The number of ether oxygens (including phenoxy) is 1. The van der Waals surface area contributed by atoms with Crippen LogP contribution >= 0.6 is 0 Å². The van der Waals surface area contributed by atoms with E-state index in [0.29, 0.717) is 0 Å². The van der Waals surface area contributed by atoms with Crippen LogP contribution in [0.1, 0.15) is 0 Å². The molecule has 1 heterocycles. The summed E-state index contributed by atoms with van der Waals surface area (Å²) in [4.78, 5) is 0.0427. The number of phenols is 1. The van der Waals surface area contributed by atoms with Crippen molar-refractivity contribution in [3.8, 4) is 5.75 Å². The fraction of sp³-hybridized carbons (Fsp3) is 0.455. The second kappa shape index (κ2) is 5.23. The Bertz CT molecular complexity index is 516. The normalized spacial score (nSPS) is 21.9. The van der Waals surface area contributed by atoms with Crippen molar-refractivity contribution < 1.29 is 23.4 Å². The molecule has 6 nitrogen and oxygen atoms in total. The average Bonchev–Trinajstić information content (AvgIpc) is 2.39. The van der Waals surface area contributed by atoms with Crippen molar-refractivity contribution in [3.63, 3.8) is 0 Å². The Hall–Kier alpha value is -1.15. The first-order valence-corrected chi connectivity index (χ1v) is 6.99. The third-order valence-corrected chi connectivity index (χ3v) is 4.62. The summed E-state index contributed by atoms with van der Waals surface area (Å²) in [5.41, 5.74) is 0. The third-order valence-electron chi connectivity index (χ3n) is 2.76. The molecule has 1 unspecified atom stereocenters. The first-order chi connectivity index (χ1) is 8.54. The number of hydrogen-bond acceptors (Lipinski definition) is 5. The van der Waals surface area contributed by atoms with Crippen LogP contribution in [0.15, 0.2) is 29.2 Å². The molecule has 1 aliphatic heterocycles. The number of rotatable bonds is 3. The highest BCUT2D eigenvalue weighted by Crippen LogP contribution is 2.21. The first kappa shape index (κ1) is 13.3. The monoisotopic (exact) mass is 273 g/mol. The van der Waals surface area contributed by atoms with Gasteiger partial charge in [0.15, 0.2) is 0 Å². The van der Waals surface area contributed by atoms with E-state index >= 15 is 0 Å². The molecule has 1 saturated heterocycles. The van der Waals surface area contributed by atoms with E-state index in [1.807, 2.05) is 0 Å². The highest BCUT2D eigenvalue weighted by Gasteiger charge is 2.30. The van der Waals surface area contributed by atoms with E-state index in [1.165, 1.54) is 28.6 Å². The lowest BCUT2D eigenvalue weighted by Crippen LogP contribution is -2.46. The lowest BCUT2D eigenvalue weighted by Gasteiger charge is -2.31. The molecule has 1 aromatic rings. The Labute approximate surface area is 105 Å². The molecule has 1 aromatic carbocycles. The van der Waals surface area contributed by atoms with Crippen LogP contribution in [0, 0.1) is 0 Å². The zero-order chi connectivity index (χ0) is 13.2. The van der Waals surface area contributed by atoms with E-state index in [1.54, 1.807) is 0 Å². The van der Waals surface area contributed by atoms with Gasteiger partial charge in [0.05, 0.1) is 24.2 Å². The minimum atomic E-state index is -3.65. The smallest absolute Gasteiger partial charge is 0.243 e. The van der Waals surface area contributed by atoms with Gasteiger partial charge in [-0.15, -0.1) is 0 Å². The number of aliphatic hydroxyl groups excluding tert-OH is 1. The molecule has 0 aliphatic carbocycles. The van der Waals surface area contributed by atoms with E-state index in [-0.39, 0.29) is 36.9 Å². The van der Waals surface area contributed by atoms with Crippen molar-refractivity contribution in [1.29, 1.82) is 0 Å². The van der Waals surface area contributed by atoms with Crippen LogP contribution in [0.4, 0.5) is 0 Å². The van der Waals surface area contributed by atoms with Crippen LogP contribution in [0.3, 0.4) is 0 Å². The minimum Gasteiger partial charge on any atom is -0.508 e. The number of morpholine rings is 1. The summed E-state index contributed by atoms with van der Waals surface area (Å²) >= 11 is 0. The quantitative estimate of drug-likeness (QED) is 0.794. The number of benzene rings is 1. The summed E-state index contributed by atoms with van der Waals surface area (Å²) in [6.07, 6.45) is -0.495. The van der Waals surface area contributed by atoms with E-state index in [9.17, 15) is 13.5 Å². The number of sulfonamides is 1. The van der Waals surface area contributed by atoms with Crippen molar-refractivity contribution >= 4 is 10.0 Å². The lowest BCUT2D eigenvalue weighted by molar-refractivity contribution is -0.0304. The molecule has 1 fully saturated rings. The van der Waals surface area contributed by atoms with Gasteiger partial charge in [-0.3, -0.25) is 0 Å². The van der Waals surface area contributed by atoms with Gasteiger partial charge in [0, 0.05) is 13.1 Å². The summed E-state index contributed by atoms with van der Waals surface area (Å²) in [6, 6.07) is 5.53. The van der Waals surface area contributed by atoms with Crippen LogP contribution in [0.2, 0.25) is 0 Å². The number of aliphatic hydroxyl groups is 1. The van der Waals surface area contributed by atoms with Crippen LogP contribution in [-0.4, -0.2) is 55.3 Å². The number of aromatic hydroxyl groups is 1. The van der Waals surface area contributed by atoms with E-state index in [2.05, 4.69) is 0 Å². The van der Waals surface area contributed by atoms with Gasteiger partial charge >= 0.3 is 0 Å². The Morgan fingerprint density at radius 2 is 2.22 bits per heavy atom. The third kappa shape index (κ3) is 2.64. The molecule has 0 saturated carbocycles. The van der Waals surface area contributed by atoms with Crippen molar-refractivity contribution in [2.75, 3.05) is 26.3 Å². The molecule has 0 spiro atoms. The predicted molar refractivity (Wildman–Crippen MR) is 63.7 cm³/mol. The highest BCUT2D eigenvalue weighted by molar-refractivity contribution is 7.89. The fourth-order valence-electron chi connectivity index (χ4n) is 1.81. The zero-order valence-electron chi connectivity index (χ0n) is 9.69. The molecular formula is C11H15NO5S. The molecule has 1 atom stereocenters. The molecule has 1 aliphatic rings. The molecule has 100 valence electrons. The van der Waals surface area contributed by atoms with Crippen LogP contribution in [0.25, 0.3) is 0 Å². The highest BCUT2D eigenvalue weighted by atomic mass is 32.2. The Kier molecular flexibility index (Phi) is 3.86. The van der Waals surface area contributed by atoms with Crippen molar-refractivity contribution in [2.24, 2.45) is 0 Å². The largest absolute Gasteiger partial charge is 0.508 e. The summed E-state index contributed by atoms with van der Waals surface area (Å²) in [5.74, 6) is -0.0944. The van der Waals surface area contributed by atoms with E-state index < -0.39 is 16.1 Å². The fourth-order valence-corrected chi connectivity index (χ4v) is 3.31. The van der Waals surface area contributed by atoms with Crippen LogP contribution in [0.5, 0.6) is 5.75 Å². The first-order valence-electron chi connectivity index (χ1n) is 5.55. The second-order valence-corrected chi connectivity index (χ2v) is 5.97. The zero-order valence-corrected chi connectivity index (χ0v) is 10.5. The molecule has 18 heavy (non-hydrogen) atoms. The van der Waals surface area contributed by atoms with Gasteiger partial charge in [-0.25, -0.2) is 8.42 Å². The van der Waals surface area contributed by atoms with Gasteiger partial charge in [0.1, 0.15) is 5.75 Å². The Morgan fingerprint density at radius 3 is 2.89 bits per heavy atom. The van der Waals surface area contributed by atoms with Gasteiger partial charge in [0.25, 0.3) is 0 Å². The summed E-state index contributed by atoms with van der Waals surface area (Å²) < 4.78 is 31.0. The van der Waals surface area contributed by atoms with Gasteiger partial charge in [-0.05, 0) is 18.2 Å². The molecule has 2 N–H and O–H groups in total. The molecule has 7 heteroatoms. The molecule has 0 radical (unpaired) electrons. The van der Waals surface area contributed by atoms with Gasteiger partial charge in [-0.1, -0.05) is 6.07 Å². The molecule has 0 amide bonds. The number of nitrogens with zero attached hydrogens (tertiary/aromatic N) is 1. The van der Waals surface area contributed by atoms with Crippen molar-refractivity contribution in [1.82, 2.24) is 4.31 Å². The average molecular weight is 273 g/mol. The summed E-state index contributed by atoms with van der Waals surface area (Å²) in [6.45, 7) is 0.401. The number of hydrogen-bond donors (Lipinski definition) is 2. The van der Waals surface area contributed by atoms with Crippen molar-refractivity contribution in [3.05, 3.63) is 24.3 Å². The van der Waals surface area contributed by atoms with Crippen LogP contribution in [-0.2, 0) is 14.8 Å². The van der Waals surface area contributed by atoms with E-state index in [4.69, 9.17) is 9.84 Å². The standard InChI is InChI=1S/C11H15NO5S/c13-8-10-7-12(4-5-17-10)18(15,16)11-3-1-2-9(14)6-11/h1-3,6,10,13-14H,4-5,7-8H2. The predicted octanol–water partition coefficient (Wildman–Crippen LogP) is -0.226. The Morgan fingerprint density at radius 1 is 1.44 bits per heavy atom. The molecule has 0 aromatic heterocycles.